The van der Waals surface area contributed by atoms with Crippen LogP contribution in [-0.4, -0.2) is 91.3 Å². The number of rotatable bonds is 4. The fraction of sp³-hybridized carbons (Fsp3) is 0.760. The van der Waals surface area contributed by atoms with Crippen molar-refractivity contribution in [1.29, 1.82) is 0 Å². The van der Waals surface area contributed by atoms with Crippen LogP contribution in [0, 0.1) is 5.41 Å². The molecule has 1 saturated carbocycles. The summed E-state index contributed by atoms with van der Waals surface area (Å²) < 4.78 is 16.7. The molecule has 0 unspecified atom stereocenters. The van der Waals surface area contributed by atoms with E-state index in [9.17, 15) is 19.6 Å². The van der Waals surface area contributed by atoms with E-state index in [1.807, 2.05) is 20.8 Å². The van der Waals surface area contributed by atoms with E-state index in [1.165, 1.54) is 0 Å². The van der Waals surface area contributed by atoms with Crippen LogP contribution in [0.3, 0.4) is 0 Å². The number of hydroxylamine groups is 2. The molecule has 3 aliphatic heterocycles. The van der Waals surface area contributed by atoms with Gasteiger partial charge in [0, 0.05) is 25.7 Å². The maximum Gasteiger partial charge on any atom is 0.411 e. The summed E-state index contributed by atoms with van der Waals surface area (Å²) in [5.41, 5.74) is -0.761. The number of carbonyl (C=O) groups is 3. The second kappa shape index (κ2) is 8.50. The van der Waals surface area contributed by atoms with Gasteiger partial charge in [0.15, 0.2) is 5.76 Å². The Balaban J connectivity index is 1.29. The summed E-state index contributed by atoms with van der Waals surface area (Å²) in [6, 6.07) is 0.634. The van der Waals surface area contributed by atoms with Crippen molar-refractivity contribution in [2.24, 2.45) is 5.41 Å². The van der Waals surface area contributed by atoms with Crippen LogP contribution in [0.15, 0.2) is 10.6 Å². The number of fused-ring (bicyclic) bond motifs is 3. The first-order valence-electron chi connectivity index (χ1n) is 12.9. The summed E-state index contributed by atoms with van der Waals surface area (Å²) >= 11 is 0. The number of urea groups is 1. The van der Waals surface area contributed by atoms with E-state index in [4.69, 9.17) is 14.0 Å². The molecule has 37 heavy (non-hydrogen) atoms. The minimum atomic E-state index is -0.694. The molecule has 3 saturated heterocycles. The van der Waals surface area contributed by atoms with Crippen molar-refractivity contribution in [3.05, 3.63) is 17.5 Å². The third kappa shape index (κ3) is 4.95. The number of hydrogen-bond donors (Lipinski definition) is 1. The molecule has 2 atom stereocenters. The second-order valence-corrected chi connectivity index (χ2v) is 12.7. The van der Waals surface area contributed by atoms with Gasteiger partial charge in [0.1, 0.15) is 16.9 Å². The molecule has 1 aromatic rings. The van der Waals surface area contributed by atoms with Crippen molar-refractivity contribution in [2.45, 2.75) is 96.7 Å². The zero-order valence-corrected chi connectivity index (χ0v) is 22.4. The molecule has 4 fully saturated rings. The van der Waals surface area contributed by atoms with Crippen LogP contribution in [0.4, 0.5) is 14.4 Å². The summed E-state index contributed by atoms with van der Waals surface area (Å²) in [4.78, 5) is 42.9. The number of nitrogens with zero attached hydrogens (tertiary/aromatic N) is 5. The Morgan fingerprint density at radius 2 is 1.78 bits per heavy atom. The summed E-state index contributed by atoms with van der Waals surface area (Å²) in [6.07, 6.45) is 1.73. The smallest absolute Gasteiger partial charge is 0.411 e. The van der Waals surface area contributed by atoms with Gasteiger partial charge in [-0.3, -0.25) is 10.1 Å². The molecule has 0 radical (unpaired) electrons. The Hall–Kier alpha value is -3.02. The predicted octanol–water partition coefficient (Wildman–Crippen LogP) is 3.75. The van der Waals surface area contributed by atoms with E-state index in [1.54, 1.807) is 41.5 Å². The van der Waals surface area contributed by atoms with Crippen molar-refractivity contribution < 1.29 is 33.6 Å². The SMILES string of the molecule is CC(C)(C)OC(=O)N1CC(N(Cc2cc([C@@H]3CC4(CC4)[C@H]4CN3C(=O)N4O)no2)C(=O)OC(C)(C)C)C1. The lowest BCUT2D eigenvalue weighted by molar-refractivity contribution is -0.0782. The summed E-state index contributed by atoms with van der Waals surface area (Å²) in [7, 11) is 0. The van der Waals surface area contributed by atoms with Gasteiger partial charge >= 0.3 is 18.2 Å². The van der Waals surface area contributed by atoms with Crippen LogP contribution < -0.4 is 0 Å². The Bertz CT molecular complexity index is 1080. The average molecular weight is 520 g/mol. The number of hydrogen-bond acceptors (Lipinski definition) is 8. The number of piperidine rings is 1. The van der Waals surface area contributed by atoms with Crippen molar-refractivity contribution in [3.8, 4) is 0 Å². The molecule has 5 rings (SSSR count). The fourth-order valence-corrected chi connectivity index (χ4v) is 5.43. The van der Waals surface area contributed by atoms with Gasteiger partial charge in [-0.1, -0.05) is 5.16 Å². The molecule has 1 aromatic heterocycles. The number of likely N-dealkylation sites (tertiary alicyclic amines) is 1. The minimum Gasteiger partial charge on any atom is -0.444 e. The minimum absolute atomic E-state index is 0.0687. The second-order valence-electron chi connectivity index (χ2n) is 12.7. The monoisotopic (exact) mass is 519 g/mol. The van der Waals surface area contributed by atoms with Gasteiger partial charge in [-0.15, -0.1) is 0 Å². The van der Waals surface area contributed by atoms with E-state index < -0.39 is 29.4 Å². The third-order valence-corrected chi connectivity index (χ3v) is 7.51. The molecule has 4 amide bonds. The molecule has 1 N–H and O–H groups in total. The zero-order valence-electron chi connectivity index (χ0n) is 22.4. The van der Waals surface area contributed by atoms with E-state index in [0.29, 0.717) is 31.1 Å². The van der Waals surface area contributed by atoms with Gasteiger partial charge in [-0.05, 0) is 66.2 Å². The Kier molecular flexibility index (Phi) is 5.89. The Morgan fingerprint density at radius 3 is 2.38 bits per heavy atom. The molecule has 4 heterocycles. The first kappa shape index (κ1) is 25.6. The third-order valence-electron chi connectivity index (χ3n) is 7.51. The maximum atomic E-state index is 13.1. The van der Waals surface area contributed by atoms with Crippen LogP contribution in [0.5, 0.6) is 0 Å². The van der Waals surface area contributed by atoms with E-state index in [-0.39, 0.29) is 30.1 Å². The van der Waals surface area contributed by atoms with Crippen molar-refractivity contribution >= 4 is 18.2 Å². The van der Waals surface area contributed by atoms with Crippen LogP contribution in [0.2, 0.25) is 0 Å². The summed E-state index contributed by atoms with van der Waals surface area (Å²) in [6.45, 7) is 12.0. The molecule has 1 spiro atoms. The highest BCUT2D eigenvalue weighted by Crippen LogP contribution is 2.61. The first-order valence-corrected chi connectivity index (χ1v) is 12.9. The molecular formula is C25H37N5O7. The molecule has 12 heteroatoms. The van der Waals surface area contributed by atoms with Gasteiger partial charge in [-0.2, -0.15) is 0 Å². The Labute approximate surface area is 216 Å². The molecule has 1 aliphatic carbocycles. The van der Waals surface area contributed by atoms with Crippen molar-refractivity contribution in [1.82, 2.24) is 24.9 Å². The van der Waals surface area contributed by atoms with Crippen LogP contribution in [0.25, 0.3) is 0 Å². The first-order chi connectivity index (χ1) is 17.2. The molecule has 204 valence electrons. The van der Waals surface area contributed by atoms with Gasteiger partial charge in [-0.25, -0.2) is 19.4 Å². The van der Waals surface area contributed by atoms with Gasteiger partial charge in [0.25, 0.3) is 0 Å². The lowest BCUT2D eigenvalue weighted by atomic mass is 9.84. The van der Waals surface area contributed by atoms with Crippen LogP contribution in [0.1, 0.15) is 78.3 Å². The highest BCUT2D eigenvalue weighted by atomic mass is 16.6. The normalized spacial score (nSPS) is 24.8. The van der Waals surface area contributed by atoms with Crippen LogP contribution in [-0.2, 0) is 16.0 Å². The zero-order chi connectivity index (χ0) is 26.9. The predicted molar refractivity (Wildman–Crippen MR) is 128 cm³/mol. The number of carbonyl (C=O) groups excluding carboxylic acids is 3. The summed E-state index contributed by atoms with van der Waals surface area (Å²) in [5.74, 6) is 0.455. The number of aromatic nitrogens is 1. The number of ether oxygens (including phenoxy) is 2. The fourth-order valence-electron chi connectivity index (χ4n) is 5.43. The molecule has 2 bridgehead atoms. The standard InChI is InChI=1S/C25H37N5O7/c1-23(2,3)35-21(32)27-11-15(12-27)28(22(33)36-24(4,5)6)13-16-9-17(26-37-16)18-10-25(7-8-25)19-14-29(18)20(31)30(19)34/h9,15,18-19,34H,7-8,10-14H2,1-6H3/t18-,19+/m0/s1. The van der Waals surface area contributed by atoms with Crippen LogP contribution >= 0.6 is 0 Å². The average Bonchev–Trinajstić information content (AvgIpc) is 3.24. The quantitative estimate of drug-likeness (QED) is 0.596. The lowest BCUT2D eigenvalue weighted by Crippen LogP contribution is -2.63. The maximum absolute atomic E-state index is 13.1. The molecule has 12 nitrogen and oxygen atoms in total. The largest absolute Gasteiger partial charge is 0.444 e. The lowest BCUT2D eigenvalue weighted by Gasteiger charge is -2.44. The Morgan fingerprint density at radius 1 is 1.14 bits per heavy atom. The van der Waals surface area contributed by atoms with Crippen molar-refractivity contribution in [3.63, 3.8) is 0 Å². The topological polar surface area (TPSA) is 129 Å². The summed E-state index contributed by atoms with van der Waals surface area (Å²) in [5, 5.41) is 15.4. The van der Waals surface area contributed by atoms with Gasteiger partial charge in [0.05, 0.1) is 24.7 Å². The van der Waals surface area contributed by atoms with Gasteiger partial charge in [0.2, 0.25) is 0 Å². The van der Waals surface area contributed by atoms with Crippen molar-refractivity contribution in [2.75, 3.05) is 19.6 Å². The molecule has 0 aromatic carbocycles. The van der Waals surface area contributed by atoms with E-state index in [0.717, 1.165) is 24.3 Å². The van der Waals surface area contributed by atoms with E-state index >= 15 is 0 Å². The highest BCUT2D eigenvalue weighted by molar-refractivity contribution is 5.77. The van der Waals surface area contributed by atoms with E-state index in [2.05, 4.69) is 5.16 Å². The molecule has 4 aliphatic rings. The molecular weight excluding hydrogens is 482 g/mol. The number of amides is 4. The van der Waals surface area contributed by atoms with Gasteiger partial charge < -0.3 is 23.8 Å². The highest BCUT2D eigenvalue weighted by Gasteiger charge is 2.63.